The number of fused-ring (bicyclic) bond motifs is 9. The summed E-state index contributed by atoms with van der Waals surface area (Å²) in [6.45, 7) is 1.90. The molecule has 0 radical (unpaired) electrons. The zero-order valence-electron chi connectivity index (χ0n) is 15.9. The fourth-order valence-electron chi connectivity index (χ4n) is 5.44. The molecule has 0 N–H and O–H groups in total. The molecule has 0 fully saturated rings. The summed E-state index contributed by atoms with van der Waals surface area (Å²) in [5.41, 5.74) is 6.57. The first-order valence-corrected chi connectivity index (χ1v) is 12.3. The van der Waals surface area contributed by atoms with Crippen LogP contribution < -0.4 is 10.6 Å². The molecule has 1 nitrogen and oxygen atoms in total. The summed E-state index contributed by atoms with van der Waals surface area (Å²) in [5.74, 6) is 0. The maximum Gasteiger partial charge on any atom is 0.140 e. The molecular formula is C26H18ClOP. The molecule has 6 rings (SSSR count). The van der Waals surface area contributed by atoms with Crippen molar-refractivity contribution in [3.8, 4) is 11.1 Å². The van der Waals surface area contributed by atoms with E-state index in [9.17, 15) is 4.57 Å². The normalized spacial score (nSPS) is 23.2. The lowest BCUT2D eigenvalue weighted by Crippen LogP contribution is -2.43. The molecule has 0 amide bonds. The molecule has 0 saturated heterocycles. The van der Waals surface area contributed by atoms with Crippen LogP contribution in [0.5, 0.6) is 0 Å². The van der Waals surface area contributed by atoms with E-state index < -0.39 is 12.6 Å². The minimum absolute atomic E-state index is 0.479. The van der Waals surface area contributed by atoms with Crippen LogP contribution in [0.2, 0.25) is 5.02 Å². The first kappa shape index (κ1) is 17.3. The summed E-state index contributed by atoms with van der Waals surface area (Å²) in [5, 5.41) is 2.64. The third kappa shape index (κ3) is 2.00. The van der Waals surface area contributed by atoms with Crippen molar-refractivity contribution < 1.29 is 4.57 Å². The third-order valence-corrected chi connectivity index (χ3v) is 9.40. The predicted molar refractivity (Wildman–Crippen MR) is 122 cm³/mol. The van der Waals surface area contributed by atoms with Gasteiger partial charge in [0.25, 0.3) is 0 Å². The van der Waals surface area contributed by atoms with Gasteiger partial charge >= 0.3 is 0 Å². The van der Waals surface area contributed by atoms with E-state index in [4.69, 9.17) is 11.6 Å². The first-order chi connectivity index (χ1) is 14.1. The van der Waals surface area contributed by atoms with Crippen LogP contribution in [0.4, 0.5) is 0 Å². The third-order valence-electron chi connectivity index (χ3n) is 6.54. The van der Waals surface area contributed by atoms with E-state index in [-0.39, 0.29) is 0 Å². The van der Waals surface area contributed by atoms with Gasteiger partial charge in [-0.2, -0.15) is 0 Å². The molecule has 1 aliphatic carbocycles. The number of hydrogen-bond donors (Lipinski definition) is 0. The van der Waals surface area contributed by atoms with E-state index in [1.54, 1.807) is 0 Å². The first-order valence-electron chi connectivity index (χ1n) is 9.74. The molecule has 0 saturated carbocycles. The smallest absolute Gasteiger partial charge is 0.140 e. The van der Waals surface area contributed by atoms with E-state index in [1.807, 2.05) is 37.0 Å². The molecule has 140 valence electrons. The van der Waals surface area contributed by atoms with Crippen molar-refractivity contribution in [1.29, 1.82) is 0 Å². The molecule has 0 unspecified atom stereocenters. The second-order valence-electron chi connectivity index (χ2n) is 7.94. The van der Waals surface area contributed by atoms with E-state index in [2.05, 4.69) is 60.7 Å². The van der Waals surface area contributed by atoms with Crippen LogP contribution in [0.25, 0.3) is 11.1 Å². The number of halogens is 1. The molecule has 1 aliphatic heterocycles. The zero-order valence-corrected chi connectivity index (χ0v) is 17.5. The summed E-state index contributed by atoms with van der Waals surface area (Å²) in [6.07, 6.45) is 0. The van der Waals surface area contributed by atoms with Crippen LogP contribution in [-0.4, -0.2) is 6.66 Å². The van der Waals surface area contributed by atoms with Crippen LogP contribution in [0.1, 0.15) is 22.3 Å². The Kier molecular flexibility index (Phi) is 3.41. The Morgan fingerprint density at radius 1 is 0.655 bits per heavy atom. The lowest BCUT2D eigenvalue weighted by molar-refractivity contribution is 0.588. The molecule has 0 atom stereocenters. The fourth-order valence-corrected chi connectivity index (χ4v) is 8.01. The minimum atomic E-state index is -2.70. The lowest BCUT2D eigenvalue weighted by atomic mass is 9.67. The Bertz CT molecular complexity index is 1320. The van der Waals surface area contributed by atoms with E-state index in [0.717, 1.165) is 32.3 Å². The minimum Gasteiger partial charge on any atom is -0.314 e. The highest BCUT2D eigenvalue weighted by atomic mass is 35.5. The fraction of sp³-hybridized carbons (Fsp3) is 0.0769. The van der Waals surface area contributed by atoms with Gasteiger partial charge in [-0.15, -0.1) is 0 Å². The van der Waals surface area contributed by atoms with Gasteiger partial charge in [0.05, 0.1) is 5.41 Å². The Morgan fingerprint density at radius 3 is 1.83 bits per heavy atom. The molecular weight excluding hydrogens is 395 g/mol. The van der Waals surface area contributed by atoms with Gasteiger partial charge in [0.2, 0.25) is 0 Å². The van der Waals surface area contributed by atoms with Gasteiger partial charge in [-0.05, 0) is 52.2 Å². The molecule has 4 aromatic carbocycles. The highest BCUT2D eigenvalue weighted by Crippen LogP contribution is 2.61. The lowest BCUT2D eigenvalue weighted by Gasteiger charge is -2.42. The molecule has 4 aromatic rings. The van der Waals surface area contributed by atoms with Crippen molar-refractivity contribution in [1.82, 2.24) is 0 Å². The van der Waals surface area contributed by atoms with E-state index in [1.165, 1.54) is 16.7 Å². The van der Waals surface area contributed by atoms with E-state index in [0.29, 0.717) is 0 Å². The largest absolute Gasteiger partial charge is 0.314 e. The van der Waals surface area contributed by atoms with Crippen LogP contribution in [0, 0.1) is 0 Å². The van der Waals surface area contributed by atoms with Crippen molar-refractivity contribution >= 4 is 29.4 Å². The maximum absolute atomic E-state index is 14.1. The predicted octanol–water partition coefficient (Wildman–Crippen LogP) is 5.96. The second kappa shape index (κ2) is 5.72. The summed E-state index contributed by atoms with van der Waals surface area (Å²) >= 11 is 6.42. The zero-order chi connectivity index (χ0) is 19.8. The van der Waals surface area contributed by atoms with E-state index >= 15 is 0 Å². The standard InChI is InChI=1S/C26H18ClOP/c1-29(28)24-12-6-4-10-22(24)26(23-11-5-7-13-25(23)29)20-9-3-2-8-18(20)19-16-17(27)14-15-21(19)26/h2-16H,1H3. The Labute approximate surface area is 175 Å². The number of hydrogen-bond acceptors (Lipinski definition) is 1. The van der Waals surface area contributed by atoms with Gasteiger partial charge in [0.15, 0.2) is 0 Å². The Morgan fingerprint density at radius 2 is 1.17 bits per heavy atom. The van der Waals surface area contributed by atoms with Crippen molar-refractivity contribution in [2.45, 2.75) is 5.41 Å². The summed E-state index contributed by atoms with van der Waals surface area (Å²) in [4.78, 5) is 0. The van der Waals surface area contributed by atoms with Crippen LogP contribution in [0.3, 0.4) is 0 Å². The highest BCUT2D eigenvalue weighted by molar-refractivity contribution is 7.78. The number of rotatable bonds is 0. The Balaban J connectivity index is 1.89. The van der Waals surface area contributed by atoms with Gasteiger partial charge in [-0.25, -0.2) is 0 Å². The van der Waals surface area contributed by atoms with Gasteiger partial charge in [-0.3, -0.25) is 0 Å². The quantitative estimate of drug-likeness (QED) is 0.287. The van der Waals surface area contributed by atoms with Crippen LogP contribution >= 0.6 is 18.7 Å². The average molecular weight is 413 g/mol. The Hall–Kier alpha value is -2.60. The summed E-state index contributed by atoms with van der Waals surface area (Å²) in [6, 6.07) is 31.3. The number of benzene rings is 4. The second-order valence-corrected chi connectivity index (χ2v) is 11.2. The van der Waals surface area contributed by atoms with Crippen molar-refractivity contribution in [3.05, 3.63) is 118 Å². The molecule has 2 aliphatic rings. The van der Waals surface area contributed by atoms with Gasteiger partial charge in [0, 0.05) is 15.6 Å². The van der Waals surface area contributed by atoms with Crippen LogP contribution in [0.15, 0.2) is 91.0 Å². The van der Waals surface area contributed by atoms with Crippen molar-refractivity contribution in [2.24, 2.45) is 0 Å². The molecule has 1 spiro atoms. The van der Waals surface area contributed by atoms with Gasteiger partial charge < -0.3 is 4.57 Å². The topological polar surface area (TPSA) is 17.1 Å². The molecule has 0 bridgehead atoms. The van der Waals surface area contributed by atoms with Gasteiger partial charge in [0.1, 0.15) is 7.14 Å². The summed E-state index contributed by atoms with van der Waals surface area (Å²) < 4.78 is 14.1. The molecule has 1 heterocycles. The monoisotopic (exact) mass is 412 g/mol. The summed E-state index contributed by atoms with van der Waals surface area (Å²) in [7, 11) is -2.70. The van der Waals surface area contributed by atoms with Crippen LogP contribution in [-0.2, 0) is 9.98 Å². The van der Waals surface area contributed by atoms with Gasteiger partial charge in [-0.1, -0.05) is 90.5 Å². The SMILES string of the molecule is CP1(=O)c2ccccc2C2(c3ccccc3-c3cc(Cl)ccc32)c2ccccc21. The molecule has 0 aromatic heterocycles. The maximum atomic E-state index is 14.1. The highest BCUT2D eigenvalue weighted by Gasteiger charge is 2.53. The van der Waals surface area contributed by atoms with Crippen molar-refractivity contribution in [3.63, 3.8) is 0 Å². The molecule has 3 heteroatoms. The molecule has 29 heavy (non-hydrogen) atoms. The average Bonchev–Trinajstić information content (AvgIpc) is 3.03. The van der Waals surface area contributed by atoms with Crippen molar-refractivity contribution in [2.75, 3.05) is 6.66 Å².